The summed E-state index contributed by atoms with van der Waals surface area (Å²) in [7, 11) is 1.54. The molecule has 0 spiro atoms. The fourth-order valence-electron chi connectivity index (χ4n) is 2.29. The molecule has 0 bridgehead atoms. The number of ether oxygens (including phenoxy) is 1. The van der Waals surface area contributed by atoms with E-state index in [2.05, 4.69) is 0 Å². The van der Waals surface area contributed by atoms with E-state index < -0.39 is 12.2 Å². The monoisotopic (exact) mass is 265 g/mol. The van der Waals surface area contributed by atoms with Crippen molar-refractivity contribution in [3.05, 3.63) is 29.3 Å². The van der Waals surface area contributed by atoms with Crippen molar-refractivity contribution in [1.82, 2.24) is 4.90 Å². The highest BCUT2D eigenvalue weighted by atomic mass is 16.5. The second kappa shape index (κ2) is 5.69. The molecular formula is C14H19NO4. The Kier molecular flexibility index (Phi) is 4.19. The SMILES string of the molecule is COc1cc(C)ccc1C(=O)CN1CC(O)C(O)C1. The molecule has 0 aliphatic carbocycles. The van der Waals surface area contributed by atoms with Gasteiger partial charge in [-0.2, -0.15) is 0 Å². The van der Waals surface area contributed by atoms with Crippen LogP contribution in [-0.2, 0) is 0 Å². The molecule has 1 aliphatic rings. The molecule has 104 valence electrons. The first-order valence-electron chi connectivity index (χ1n) is 6.27. The van der Waals surface area contributed by atoms with E-state index in [4.69, 9.17) is 4.74 Å². The van der Waals surface area contributed by atoms with Crippen LogP contribution in [0, 0.1) is 6.92 Å². The maximum atomic E-state index is 12.2. The van der Waals surface area contributed by atoms with Crippen LogP contribution < -0.4 is 4.74 Å². The molecule has 0 aromatic heterocycles. The van der Waals surface area contributed by atoms with Crippen molar-refractivity contribution in [1.29, 1.82) is 0 Å². The van der Waals surface area contributed by atoms with Gasteiger partial charge in [0.1, 0.15) is 5.75 Å². The van der Waals surface area contributed by atoms with Gasteiger partial charge in [-0.3, -0.25) is 9.69 Å². The van der Waals surface area contributed by atoms with Crippen LogP contribution >= 0.6 is 0 Å². The van der Waals surface area contributed by atoms with Gasteiger partial charge in [-0.05, 0) is 24.6 Å². The van der Waals surface area contributed by atoms with Crippen molar-refractivity contribution >= 4 is 5.78 Å². The zero-order valence-electron chi connectivity index (χ0n) is 11.2. The third-order valence-corrected chi connectivity index (χ3v) is 3.36. The van der Waals surface area contributed by atoms with Gasteiger partial charge in [0.2, 0.25) is 0 Å². The molecule has 1 fully saturated rings. The molecule has 2 N–H and O–H groups in total. The third kappa shape index (κ3) is 3.12. The largest absolute Gasteiger partial charge is 0.496 e. The second-order valence-corrected chi connectivity index (χ2v) is 4.96. The predicted octanol–water partition coefficient (Wildman–Crippen LogP) is 0.224. The number of carbonyl (C=O) groups excluding carboxylic acids is 1. The Morgan fingerprint density at radius 2 is 2.00 bits per heavy atom. The lowest BCUT2D eigenvalue weighted by atomic mass is 10.1. The number of β-amino-alcohol motifs (C(OH)–C–C–N with tert-alkyl or cyclic N) is 2. The van der Waals surface area contributed by atoms with E-state index in [1.807, 2.05) is 19.1 Å². The second-order valence-electron chi connectivity index (χ2n) is 4.96. The standard InChI is InChI=1S/C14H19NO4/c1-9-3-4-10(14(5-9)19-2)11(16)6-15-7-12(17)13(18)8-15/h3-5,12-13,17-18H,6-8H2,1-2H3. The molecular weight excluding hydrogens is 246 g/mol. The number of methoxy groups -OCH3 is 1. The Morgan fingerprint density at radius 1 is 1.37 bits per heavy atom. The molecule has 5 heteroatoms. The van der Waals surface area contributed by atoms with Gasteiger partial charge >= 0.3 is 0 Å². The first-order chi connectivity index (χ1) is 9.01. The maximum Gasteiger partial charge on any atom is 0.180 e. The number of rotatable bonds is 4. The molecule has 1 aromatic carbocycles. The van der Waals surface area contributed by atoms with Crippen LogP contribution in [0.3, 0.4) is 0 Å². The fourth-order valence-corrected chi connectivity index (χ4v) is 2.29. The Morgan fingerprint density at radius 3 is 2.58 bits per heavy atom. The fraction of sp³-hybridized carbons (Fsp3) is 0.500. The Balaban J connectivity index is 2.08. The van der Waals surface area contributed by atoms with Crippen LogP contribution in [0.2, 0.25) is 0 Å². The summed E-state index contributed by atoms with van der Waals surface area (Å²) in [6.07, 6.45) is -1.54. The van der Waals surface area contributed by atoms with Crippen LogP contribution in [-0.4, -0.2) is 59.8 Å². The minimum Gasteiger partial charge on any atom is -0.496 e. The summed E-state index contributed by atoms with van der Waals surface area (Å²) in [6.45, 7) is 2.75. The Hall–Kier alpha value is -1.43. The summed E-state index contributed by atoms with van der Waals surface area (Å²) in [5.41, 5.74) is 1.56. The van der Waals surface area contributed by atoms with E-state index in [1.54, 1.807) is 11.0 Å². The van der Waals surface area contributed by atoms with Crippen LogP contribution in [0.5, 0.6) is 5.75 Å². The van der Waals surface area contributed by atoms with Gasteiger partial charge in [-0.1, -0.05) is 6.07 Å². The molecule has 2 rings (SSSR count). The summed E-state index contributed by atoms with van der Waals surface area (Å²) in [5, 5.41) is 18.9. The highest BCUT2D eigenvalue weighted by molar-refractivity contribution is 6.00. The molecule has 1 heterocycles. The normalized spacial score (nSPS) is 23.6. The number of benzene rings is 1. The van der Waals surface area contributed by atoms with E-state index in [9.17, 15) is 15.0 Å². The van der Waals surface area contributed by atoms with E-state index in [1.165, 1.54) is 7.11 Å². The van der Waals surface area contributed by atoms with Gasteiger partial charge in [0.25, 0.3) is 0 Å². The minimum absolute atomic E-state index is 0.0712. The smallest absolute Gasteiger partial charge is 0.180 e. The van der Waals surface area contributed by atoms with Gasteiger partial charge in [-0.25, -0.2) is 0 Å². The van der Waals surface area contributed by atoms with Crippen LogP contribution in [0.15, 0.2) is 18.2 Å². The molecule has 0 saturated carbocycles. The van der Waals surface area contributed by atoms with Crippen molar-refractivity contribution in [3.63, 3.8) is 0 Å². The molecule has 0 radical (unpaired) electrons. The number of carbonyl (C=O) groups is 1. The molecule has 19 heavy (non-hydrogen) atoms. The van der Waals surface area contributed by atoms with Crippen molar-refractivity contribution in [3.8, 4) is 5.75 Å². The number of aliphatic hydroxyl groups is 2. The number of ketones is 1. The summed E-state index contributed by atoms with van der Waals surface area (Å²) < 4.78 is 5.22. The third-order valence-electron chi connectivity index (χ3n) is 3.36. The molecule has 2 unspecified atom stereocenters. The first kappa shape index (κ1) is 14.0. The molecule has 1 aliphatic heterocycles. The molecule has 2 atom stereocenters. The van der Waals surface area contributed by atoms with Crippen molar-refractivity contribution in [2.45, 2.75) is 19.1 Å². The Labute approximate surface area is 112 Å². The van der Waals surface area contributed by atoms with Crippen LogP contribution in [0.1, 0.15) is 15.9 Å². The zero-order chi connectivity index (χ0) is 14.0. The van der Waals surface area contributed by atoms with Gasteiger partial charge in [0.15, 0.2) is 5.78 Å². The number of hydrogen-bond acceptors (Lipinski definition) is 5. The lowest BCUT2D eigenvalue weighted by molar-refractivity contribution is 0.0572. The van der Waals surface area contributed by atoms with Gasteiger partial charge in [0.05, 0.1) is 31.4 Å². The average molecular weight is 265 g/mol. The lowest BCUT2D eigenvalue weighted by Crippen LogP contribution is -2.29. The predicted molar refractivity (Wildman–Crippen MR) is 70.5 cm³/mol. The summed E-state index contributed by atoms with van der Waals surface area (Å²) in [5.74, 6) is 0.489. The number of aliphatic hydroxyl groups excluding tert-OH is 2. The zero-order valence-corrected chi connectivity index (χ0v) is 11.2. The van der Waals surface area contributed by atoms with Crippen molar-refractivity contribution in [2.24, 2.45) is 0 Å². The van der Waals surface area contributed by atoms with E-state index in [0.717, 1.165) is 5.56 Å². The van der Waals surface area contributed by atoms with Gasteiger partial charge in [0, 0.05) is 13.1 Å². The highest BCUT2D eigenvalue weighted by Gasteiger charge is 2.31. The number of hydrogen-bond donors (Lipinski definition) is 2. The average Bonchev–Trinajstić information content (AvgIpc) is 2.67. The summed E-state index contributed by atoms with van der Waals surface area (Å²) in [6, 6.07) is 5.43. The van der Waals surface area contributed by atoms with E-state index >= 15 is 0 Å². The van der Waals surface area contributed by atoms with Crippen molar-refractivity contribution in [2.75, 3.05) is 26.7 Å². The molecule has 1 aromatic rings. The Bertz CT molecular complexity index is 465. The number of aryl methyl sites for hydroxylation is 1. The quantitative estimate of drug-likeness (QED) is 0.762. The highest BCUT2D eigenvalue weighted by Crippen LogP contribution is 2.21. The van der Waals surface area contributed by atoms with E-state index in [-0.39, 0.29) is 12.3 Å². The number of likely N-dealkylation sites (tertiary alicyclic amines) is 1. The minimum atomic E-state index is -0.771. The molecule has 0 amide bonds. The first-order valence-corrected chi connectivity index (χ1v) is 6.27. The summed E-state index contributed by atoms with van der Waals surface area (Å²) >= 11 is 0. The summed E-state index contributed by atoms with van der Waals surface area (Å²) in [4.78, 5) is 14.0. The maximum absolute atomic E-state index is 12.2. The number of Topliss-reactive ketones (excluding diaryl/α,β-unsaturated/α-hetero) is 1. The van der Waals surface area contributed by atoms with Gasteiger partial charge in [-0.15, -0.1) is 0 Å². The topological polar surface area (TPSA) is 70.0 Å². The van der Waals surface area contributed by atoms with Crippen LogP contribution in [0.4, 0.5) is 0 Å². The van der Waals surface area contributed by atoms with Crippen LogP contribution in [0.25, 0.3) is 0 Å². The van der Waals surface area contributed by atoms with Crippen molar-refractivity contribution < 1.29 is 19.7 Å². The molecule has 5 nitrogen and oxygen atoms in total. The van der Waals surface area contributed by atoms with Gasteiger partial charge < -0.3 is 14.9 Å². The number of nitrogens with zero attached hydrogens (tertiary/aromatic N) is 1. The van der Waals surface area contributed by atoms with E-state index in [0.29, 0.717) is 24.4 Å². The molecule has 1 saturated heterocycles. The lowest BCUT2D eigenvalue weighted by Gasteiger charge is -2.15.